The summed E-state index contributed by atoms with van der Waals surface area (Å²) in [6, 6.07) is 15.9. The summed E-state index contributed by atoms with van der Waals surface area (Å²) in [5, 5.41) is 4.26. The van der Waals surface area contributed by atoms with Crippen LogP contribution in [0.15, 0.2) is 48.5 Å². The van der Waals surface area contributed by atoms with Crippen LogP contribution in [-0.2, 0) is 11.3 Å². The van der Waals surface area contributed by atoms with Crippen LogP contribution in [0.3, 0.4) is 0 Å². The lowest BCUT2D eigenvalue weighted by Crippen LogP contribution is -2.06. The van der Waals surface area contributed by atoms with E-state index >= 15 is 0 Å². The van der Waals surface area contributed by atoms with Gasteiger partial charge in [-0.3, -0.25) is 0 Å². The van der Waals surface area contributed by atoms with Crippen molar-refractivity contribution in [1.82, 2.24) is 10.3 Å². The fraction of sp³-hybridized carbons (Fsp3) is 0.167. The number of aromatic nitrogens is 1. The normalized spacial score (nSPS) is 10.8. The standard InChI is InChI=1S/C18H18N2O2/c1-19-11-14-5-3-4-6-15(14)17-9-12-7-8-13(18(21)22-2)10-16(12)20-17/h3-10,19-20H,11H2,1-2H3. The molecule has 1 aromatic heterocycles. The van der Waals surface area contributed by atoms with E-state index in [4.69, 9.17) is 4.74 Å². The maximum Gasteiger partial charge on any atom is 0.337 e. The van der Waals surface area contributed by atoms with Crippen LogP contribution in [0, 0.1) is 0 Å². The Morgan fingerprint density at radius 2 is 2.00 bits per heavy atom. The fourth-order valence-corrected chi connectivity index (χ4v) is 2.64. The van der Waals surface area contributed by atoms with Gasteiger partial charge in [-0.15, -0.1) is 0 Å². The van der Waals surface area contributed by atoms with E-state index in [1.54, 1.807) is 6.07 Å². The lowest BCUT2D eigenvalue weighted by Gasteiger charge is -2.07. The summed E-state index contributed by atoms with van der Waals surface area (Å²) in [6.07, 6.45) is 0. The van der Waals surface area contributed by atoms with E-state index in [-0.39, 0.29) is 5.97 Å². The van der Waals surface area contributed by atoms with Crippen LogP contribution < -0.4 is 5.32 Å². The Hall–Kier alpha value is -2.59. The molecule has 3 rings (SSSR count). The molecule has 0 unspecified atom stereocenters. The van der Waals surface area contributed by atoms with Crippen molar-refractivity contribution in [2.75, 3.05) is 14.2 Å². The first-order valence-electron chi connectivity index (χ1n) is 7.17. The average molecular weight is 294 g/mol. The first-order chi connectivity index (χ1) is 10.7. The second-order valence-corrected chi connectivity index (χ2v) is 5.16. The van der Waals surface area contributed by atoms with Crippen molar-refractivity contribution in [3.8, 4) is 11.3 Å². The number of carbonyl (C=O) groups excluding carboxylic acids is 1. The molecule has 112 valence electrons. The van der Waals surface area contributed by atoms with Gasteiger partial charge >= 0.3 is 5.97 Å². The van der Waals surface area contributed by atoms with Crippen molar-refractivity contribution < 1.29 is 9.53 Å². The number of hydrogen-bond acceptors (Lipinski definition) is 3. The van der Waals surface area contributed by atoms with Crippen LogP contribution in [0.2, 0.25) is 0 Å². The summed E-state index contributed by atoms with van der Waals surface area (Å²) in [6.45, 7) is 0.805. The molecule has 0 spiro atoms. The SMILES string of the molecule is CNCc1ccccc1-c1cc2ccc(C(=O)OC)cc2[nH]1. The maximum atomic E-state index is 11.6. The van der Waals surface area contributed by atoms with Gasteiger partial charge in [0, 0.05) is 28.7 Å². The van der Waals surface area contributed by atoms with E-state index in [0.717, 1.165) is 28.7 Å². The number of carbonyl (C=O) groups is 1. The third-order valence-electron chi connectivity index (χ3n) is 3.72. The Labute approximate surface area is 129 Å². The number of hydrogen-bond donors (Lipinski definition) is 2. The number of H-pyrrole nitrogens is 1. The van der Waals surface area contributed by atoms with Gasteiger partial charge in [-0.25, -0.2) is 4.79 Å². The molecule has 1 heterocycles. The van der Waals surface area contributed by atoms with E-state index in [9.17, 15) is 4.79 Å². The maximum absolute atomic E-state index is 11.6. The van der Waals surface area contributed by atoms with Gasteiger partial charge in [0.15, 0.2) is 0 Å². The third-order valence-corrected chi connectivity index (χ3v) is 3.72. The van der Waals surface area contributed by atoms with Gasteiger partial charge in [-0.1, -0.05) is 30.3 Å². The molecule has 2 aromatic carbocycles. The highest BCUT2D eigenvalue weighted by Crippen LogP contribution is 2.27. The molecular formula is C18H18N2O2. The third kappa shape index (κ3) is 2.61. The fourth-order valence-electron chi connectivity index (χ4n) is 2.64. The Morgan fingerprint density at radius 3 is 2.77 bits per heavy atom. The first kappa shape index (κ1) is 14.4. The average Bonchev–Trinajstić information content (AvgIpc) is 2.97. The van der Waals surface area contributed by atoms with Crippen LogP contribution in [0.5, 0.6) is 0 Å². The van der Waals surface area contributed by atoms with Crippen LogP contribution in [0.4, 0.5) is 0 Å². The predicted octanol–water partition coefficient (Wildman–Crippen LogP) is 3.34. The topological polar surface area (TPSA) is 54.1 Å². The van der Waals surface area contributed by atoms with Gasteiger partial charge < -0.3 is 15.0 Å². The summed E-state index contributed by atoms with van der Waals surface area (Å²) in [5.41, 5.74) is 4.91. The lowest BCUT2D eigenvalue weighted by atomic mass is 10.0. The van der Waals surface area contributed by atoms with Gasteiger partial charge in [0.2, 0.25) is 0 Å². The molecule has 22 heavy (non-hydrogen) atoms. The molecular weight excluding hydrogens is 276 g/mol. The monoisotopic (exact) mass is 294 g/mol. The highest BCUT2D eigenvalue weighted by Gasteiger charge is 2.10. The minimum atomic E-state index is -0.325. The summed E-state index contributed by atoms with van der Waals surface area (Å²) < 4.78 is 4.77. The number of methoxy groups -OCH3 is 1. The molecule has 3 aromatic rings. The number of rotatable bonds is 4. The van der Waals surface area contributed by atoms with E-state index in [1.807, 2.05) is 31.3 Å². The minimum Gasteiger partial charge on any atom is -0.465 e. The van der Waals surface area contributed by atoms with Crippen molar-refractivity contribution in [1.29, 1.82) is 0 Å². The smallest absolute Gasteiger partial charge is 0.337 e. The van der Waals surface area contributed by atoms with Crippen molar-refractivity contribution in [3.63, 3.8) is 0 Å². The van der Waals surface area contributed by atoms with E-state index in [0.29, 0.717) is 5.56 Å². The molecule has 0 aliphatic carbocycles. The molecule has 0 aliphatic heterocycles. The largest absolute Gasteiger partial charge is 0.465 e. The molecule has 0 radical (unpaired) electrons. The summed E-state index contributed by atoms with van der Waals surface area (Å²) in [5.74, 6) is -0.325. The summed E-state index contributed by atoms with van der Waals surface area (Å²) >= 11 is 0. The molecule has 0 fully saturated rings. The zero-order valence-electron chi connectivity index (χ0n) is 12.6. The van der Waals surface area contributed by atoms with Crippen molar-refractivity contribution in [2.24, 2.45) is 0 Å². The van der Waals surface area contributed by atoms with E-state index < -0.39 is 0 Å². The number of aromatic amines is 1. The van der Waals surface area contributed by atoms with Gasteiger partial charge in [0.05, 0.1) is 12.7 Å². The van der Waals surface area contributed by atoms with Gasteiger partial charge in [-0.05, 0) is 30.8 Å². The molecule has 0 atom stereocenters. The van der Waals surface area contributed by atoms with Crippen LogP contribution in [0.1, 0.15) is 15.9 Å². The Morgan fingerprint density at radius 1 is 1.18 bits per heavy atom. The minimum absolute atomic E-state index is 0.325. The number of esters is 1. The highest BCUT2D eigenvalue weighted by molar-refractivity contribution is 5.96. The number of benzene rings is 2. The zero-order valence-corrected chi connectivity index (χ0v) is 12.6. The van der Waals surface area contributed by atoms with Crippen molar-refractivity contribution in [3.05, 3.63) is 59.7 Å². The first-order valence-corrected chi connectivity index (χ1v) is 7.17. The van der Waals surface area contributed by atoms with Crippen molar-refractivity contribution in [2.45, 2.75) is 6.54 Å². The lowest BCUT2D eigenvalue weighted by molar-refractivity contribution is 0.0601. The number of ether oxygens (including phenoxy) is 1. The molecule has 0 amide bonds. The predicted molar refractivity (Wildman–Crippen MR) is 87.8 cm³/mol. The molecule has 0 aliphatic rings. The second kappa shape index (κ2) is 6.03. The highest BCUT2D eigenvalue weighted by atomic mass is 16.5. The number of nitrogens with one attached hydrogen (secondary N) is 2. The molecule has 4 nitrogen and oxygen atoms in total. The Kier molecular flexibility index (Phi) is 3.94. The number of fused-ring (bicyclic) bond motifs is 1. The molecule has 0 bridgehead atoms. The van der Waals surface area contributed by atoms with Crippen LogP contribution in [-0.4, -0.2) is 25.1 Å². The quantitative estimate of drug-likeness (QED) is 0.726. The molecule has 2 N–H and O–H groups in total. The van der Waals surface area contributed by atoms with Gasteiger partial charge in [0.25, 0.3) is 0 Å². The van der Waals surface area contributed by atoms with Gasteiger partial charge in [0.1, 0.15) is 0 Å². The molecule has 0 saturated heterocycles. The molecule has 0 saturated carbocycles. The van der Waals surface area contributed by atoms with Crippen LogP contribution >= 0.6 is 0 Å². The molecule has 4 heteroatoms. The Bertz CT molecular complexity index is 821. The summed E-state index contributed by atoms with van der Waals surface area (Å²) in [4.78, 5) is 15.0. The van der Waals surface area contributed by atoms with Crippen LogP contribution in [0.25, 0.3) is 22.2 Å². The Balaban J connectivity index is 2.07. The van der Waals surface area contributed by atoms with E-state index in [1.165, 1.54) is 12.7 Å². The van der Waals surface area contributed by atoms with E-state index in [2.05, 4.69) is 28.5 Å². The second-order valence-electron chi connectivity index (χ2n) is 5.16. The van der Waals surface area contributed by atoms with Crippen molar-refractivity contribution >= 4 is 16.9 Å². The summed E-state index contributed by atoms with van der Waals surface area (Å²) in [7, 11) is 3.32. The van der Waals surface area contributed by atoms with Gasteiger partial charge in [-0.2, -0.15) is 0 Å². The zero-order chi connectivity index (χ0) is 15.5.